The SMILES string of the molecule is Cc1cc(NC(=O)N(CCO)C2CCc3ccccc32)ccc1F. The van der Waals surface area contributed by atoms with E-state index in [1.807, 2.05) is 18.2 Å². The number of halogens is 1. The number of amides is 2. The third kappa shape index (κ3) is 3.26. The summed E-state index contributed by atoms with van der Waals surface area (Å²) in [6.07, 6.45) is 1.76. The van der Waals surface area contributed by atoms with Crippen LogP contribution in [0.25, 0.3) is 0 Å². The van der Waals surface area contributed by atoms with Crippen LogP contribution in [0.15, 0.2) is 42.5 Å². The quantitative estimate of drug-likeness (QED) is 0.900. The van der Waals surface area contributed by atoms with Crippen LogP contribution < -0.4 is 5.32 Å². The lowest BCUT2D eigenvalue weighted by molar-refractivity contribution is 0.162. The van der Waals surface area contributed by atoms with Crippen LogP contribution in [0, 0.1) is 12.7 Å². The highest BCUT2D eigenvalue weighted by atomic mass is 19.1. The van der Waals surface area contributed by atoms with E-state index in [0.717, 1.165) is 18.4 Å². The minimum atomic E-state index is -0.301. The minimum Gasteiger partial charge on any atom is -0.395 e. The molecule has 2 amide bonds. The van der Waals surface area contributed by atoms with Gasteiger partial charge in [0.05, 0.1) is 12.6 Å². The zero-order valence-electron chi connectivity index (χ0n) is 13.6. The Balaban J connectivity index is 1.80. The molecule has 0 saturated carbocycles. The van der Waals surface area contributed by atoms with Crippen LogP contribution in [-0.2, 0) is 6.42 Å². The van der Waals surface area contributed by atoms with Crippen molar-refractivity contribution in [3.05, 3.63) is 65.0 Å². The molecule has 1 aliphatic rings. The molecule has 2 aromatic rings. The molecule has 1 atom stereocenters. The summed E-state index contributed by atoms with van der Waals surface area (Å²) in [6.45, 7) is 1.81. The van der Waals surface area contributed by atoms with Gasteiger partial charge in [-0.15, -0.1) is 0 Å². The van der Waals surface area contributed by atoms with Gasteiger partial charge in [0.2, 0.25) is 0 Å². The van der Waals surface area contributed by atoms with Crippen LogP contribution in [0.2, 0.25) is 0 Å². The van der Waals surface area contributed by atoms with Gasteiger partial charge in [0.25, 0.3) is 0 Å². The molecule has 0 aromatic heterocycles. The molecule has 126 valence electrons. The summed E-state index contributed by atoms with van der Waals surface area (Å²) in [5.74, 6) is -0.301. The zero-order chi connectivity index (χ0) is 17.1. The fraction of sp³-hybridized carbons (Fsp3) is 0.316. The lowest BCUT2D eigenvalue weighted by Crippen LogP contribution is -2.39. The molecular weight excluding hydrogens is 307 g/mol. The predicted molar refractivity (Wildman–Crippen MR) is 91.5 cm³/mol. The Kier molecular flexibility index (Phi) is 4.81. The van der Waals surface area contributed by atoms with Crippen molar-refractivity contribution in [1.82, 2.24) is 4.90 Å². The summed E-state index contributed by atoms with van der Waals surface area (Å²) >= 11 is 0. The zero-order valence-corrected chi connectivity index (χ0v) is 13.6. The molecule has 1 unspecified atom stereocenters. The number of carbonyl (C=O) groups excluding carboxylic acids is 1. The summed E-state index contributed by atoms with van der Waals surface area (Å²) in [6, 6.07) is 12.2. The molecule has 0 heterocycles. The number of carbonyl (C=O) groups is 1. The minimum absolute atomic E-state index is 0.0464. The number of aliphatic hydroxyl groups is 1. The first-order valence-electron chi connectivity index (χ1n) is 8.12. The van der Waals surface area contributed by atoms with Crippen LogP contribution in [0.3, 0.4) is 0 Å². The second-order valence-electron chi connectivity index (χ2n) is 6.06. The number of hydrogen-bond donors (Lipinski definition) is 2. The highest BCUT2D eigenvalue weighted by Crippen LogP contribution is 2.35. The van der Waals surface area contributed by atoms with Gasteiger partial charge in [0, 0.05) is 12.2 Å². The Hall–Kier alpha value is -2.40. The number of aryl methyl sites for hydroxylation is 2. The Bertz CT molecular complexity index is 748. The number of rotatable bonds is 4. The third-order valence-corrected chi connectivity index (χ3v) is 4.49. The molecule has 5 heteroatoms. The van der Waals surface area contributed by atoms with Gasteiger partial charge in [-0.1, -0.05) is 24.3 Å². The van der Waals surface area contributed by atoms with Gasteiger partial charge in [0.1, 0.15) is 5.82 Å². The van der Waals surface area contributed by atoms with Crippen molar-refractivity contribution in [2.75, 3.05) is 18.5 Å². The molecule has 0 bridgehead atoms. The first-order chi connectivity index (χ1) is 11.6. The average Bonchev–Trinajstić information content (AvgIpc) is 3.00. The van der Waals surface area contributed by atoms with E-state index in [-0.39, 0.29) is 31.0 Å². The lowest BCUT2D eigenvalue weighted by Gasteiger charge is -2.29. The molecule has 0 fully saturated rings. The maximum atomic E-state index is 13.4. The monoisotopic (exact) mass is 328 g/mol. The lowest BCUT2D eigenvalue weighted by atomic mass is 10.1. The molecule has 0 aliphatic heterocycles. The average molecular weight is 328 g/mol. The number of benzene rings is 2. The number of nitrogens with zero attached hydrogens (tertiary/aromatic N) is 1. The molecule has 3 rings (SSSR count). The fourth-order valence-electron chi connectivity index (χ4n) is 3.28. The van der Waals surface area contributed by atoms with Gasteiger partial charge in [-0.3, -0.25) is 0 Å². The Morgan fingerprint density at radius 2 is 2.12 bits per heavy atom. The van der Waals surface area contributed by atoms with E-state index >= 15 is 0 Å². The van der Waals surface area contributed by atoms with E-state index in [9.17, 15) is 14.3 Å². The third-order valence-electron chi connectivity index (χ3n) is 4.49. The highest BCUT2D eigenvalue weighted by molar-refractivity contribution is 5.89. The van der Waals surface area contributed by atoms with Crippen molar-refractivity contribution in [3.63, 3.8) is 0 Å². The number of nitrogens with one attached hydrogen (secondary N) is 1. The molecular formula is C19H21FN2O2. The molecule has 24 heavy (non-hydrogen) atoms. The van der Waals surface area contributed by atoms with E-state index in [0.29, 0.717) is 11.3 Å². The van der Waals surface area contributed by atoms with Gasteiger partial charge < -0.3 is 15.3 Å². The van der Waals surface area contributed by atoms with Crippen molar-refractivity contribution in [1.29, 1.82) is 0 Å². The second-order valence-corrected chi connectivity index (χ2v) is 6.06. The van der Waals surface area contributed by atoms with Gasteiger partial charge in [0.15, 0.2) is 0 Å². The number of urea groups is 1. The van der Waals surface area contributed by atoms with E-state index in [1.165, 1.54) is 11.6 Å². The summed E-state index contributed by atoms with van der Waals surface area (Å²) in [5, 5.41) is 12.2. The van der Waals surface area contributed by atoms with E-state index < -0.39 is 0 Å². The Morgan fingerprint density at radius 1 is 1.33 bits per heavy atom. The van der Waals surface area contributed by atoms with Gasteiger partial charge in [-0.05, 0) is 54.7 Å². The van der Waals surface area contributed by atoms with Crippen molar-refractivity contribution in [3.8, 4) is 0 Å². The molecule has 1 aliphatic carbocycles. The normalized spacial score (nSPS) is 15.9. The van der Waals surface area contributed by atoms with Gasteiger partial charge >= 0.3 is 6.03 Å². The Labute approximate surface area is 140 Å². The van der Waals surface area contributed by atoms with Crippen molar-refractivity contribution >= 4 is 11.7 Å². The topological polar surface area (TPSA) is 52.6 Å². The van der Waals surface area contributed by atoms with E-state index in [4.69, 9.17) is 0 Å². The largest absolute Gasteiger partial charge is 0.395 e. The molecule has 0 spiro atoms. The molecule has 2 N–H and O–H groups in total. The second kappa shape index (κ2) is 7.01. The summed E-state index contributed by atoms with van der Waals surface area (Å²) in [7, 11) is 0. The highest BCUT2D eigenvalue weighted by Gasteiger charge is 2.30. The van der Waals surface area contributed by atoms with Crippen LogP contribution in [0.1, 0.15) is 29.2 Å². The summed E-state index contributed by atoms with van der Waals surface area (Å²) in [5.41, 5.74) is 3.41. The molecule has 0 radical (unpaired) electrons. The predicted octanol–water partition coefficient (Wildman–Crippen LogP) is 3.65. The van der Waals surface area contributed by atoms with Gasteiger partial charge in [-0.2, -0.15) is 0 Å². The smallest absolute Gasteiger partial charge is 0.322 e. The fourth-order valence-corrected chi connectivity index (χ4v) is 3.28. The maximum Gasteiger partial charge on any atom is 0.322 e. The van der Waals surface area contributed by atoms with Crippen molar-refractivity contribution in [2.24, 2.45) is 0 Å². The van der Waals surface area contributed by atoms with Crippen molar-refractivity contribution in [2.45, 2.75) is 25.8 Å². The first kappa shape index (κ1) is 16.5. The standard InChI is InChI=1S/C19H21FN2O2/c1-13-12-15(7-8-17(13)20)21-19(24)22(10-11-23)18-9-6-14-4-2-3-5-16(14)18/h2-5,7-8,12,18,23H,6,9-11H2,1H3,(H,21,24). The van der Waals surface area contributed by atoms with Crippen LogP contribution in [0.5, 0.6) is 0 Å². The summed E-state index contributed by atoms with van der Waals surface area (Å²) < 4.78 is 13.4. The molecule has 2 aromatic carbocycles. The van der Waals surface area contributed by atoms with E-state index in [1.54, 1.807) is 24.0 Å². The maximum absolute atomic E-state index is 13.4. The number of anilines is 1. The molecule has 0 saturated heterocycles. The number of fused-ring (bicyclic) bond motifs is 1. The Morgan fingerprint density at radius 3 is 2.88 bits per heavy atom. The van der Waals surface area contributed by atoms with Crippen LogP contribution in [0.4, 0.5) is 14.9 Å². The van der Waals surface area contributed by atoms with Crippen LogP contribution >= 0.6 is 0 Å². The van der Waals surface area contributed by atoms with Gasteiger partial charge in [-0.25, -0.2) is 9.18 Å². The summed E-state index contributed by atoms with van der Waals surface area (Å²) in [4.78, 5) is 14.4. The molecule has 4 nitrogen and oxygen atoms in total. The number of hydrogen-bond acceptors (Lipinski definition) is 2. The van der Waals surface area contributed by atoms with E-state index in [2.05, 4.69) is 11.4 Å². The van der Waals surface area contributed by atoms with Crippen LogP contribution in [-0.4, -0.2) is 29.2 Å². The first-order valence-corrected chi connectivity index (χ1v) is 8.12. The number of aliphatic hydroxyl groups excluding tert-OH is 1. The van der Waals surface area contributed by atoms with Crippen molar-refractivity contribution < 1.29 is 14.3 Å².